The van der Waals surface area contributed by atoms with Gasteiger partial charge >= 0.3 is 0 Å². The van der Waals surface area contributed by atoms with Crippen LogP contribution in [-0.2, 0) is 18.4 Å². The zero-order valence-corrected chi connectivity index (χ0v) is 7.97. The standard InChI is InChI=1S/C8H13N3O2/c1-5-7(4-9-6(2)12)8(13)11(3)10-5/h10H,4H2,1-3H3,(H,9,12). The van der Waals surface area contributed by atoms with E-state index < -0.39 is 0 Å². The molecule has 0 aliphatic carbocycles. The van der Waals surface area contributed by atoms with E-state index in [0.29, 0.717) is 5.56 Å². The minimum atomic E-state index is -0.136. The van der Waals surface area contributed by atoms with Gasteiger partial charge < -0.3 is 5.32 Å². The van der Waals surface area contributed by atoms with Crippen molar-refractivity contribution in [2.75, 3.05) is 0 Å². The lowest BCUT2D eigenvalue weighted by atomic mass is 10.2. The summed E-state index contributed by atoms with van der Waals surface area (Å²) in [4.78, 5) is 22.0. The Bertz CT molecular complexity index is 375. The Hall–Kier alpha value is -1.52. The van der Waals surface area contributed by atoms with Crippen LogP contribution in [0.1, 0.15) is 18.2 Å². The Labute approximate surface area is 75.7 Å². The zero-order valence-electron chi connectivity index (χ0n) is 7.97. The van der Waals surface area contributed by atoms with Gasteiger partial charge in [-0.1, -0.05) is 0 Å². The molecule has 1 rings (SSSR count). The maximum absolute atomic E-state index is 11.4. The molecule has 0 bridgehead atoms. The molecule has 0 aromatic carbocycles. The molecule has 13 heavy (non-hydrogen) atoms. The second-order valence-corrected chi connectivity index (χ2v) is 2.99. The van der Waals surface area contributed by atoms with Crippen LogP contribution in [-0.4, -0.2) is 15.7 Å². The van der Waals surface area contributed by atoms with E-state index in [9.17, 15) is 9.59 Å². The van der Waals surface area contributed by atoms with Crippen molar-refractivity contribution in [2.24, 2.45) is 7.05 Å². The van der Waals surface area contributed by atoms with Crippen molar-refractivity contribution in [1.82, 2.24) is 15.1 Å². The molecule has 1 aromatic heterocycles. The number of aromatic amines is 1. The van der Waals surface area contributed by atoms with E-state index in [1.807, 2.05) is 0 Å². The summed E-state index contributed by atoms with van der Waals surface area (Å²) in [6.07, 6.45) is 0. The van der Waals surface area contributed by atoms with Gasteiger partial charge in [0.05, 0.1) is 12.1 Å². The van der Waals surface area contributed by atoms with E-state index in [1.54, 1.807) is 14.0 Å². The van der Waals surface area contributed by atoms with Crippen molar-refractivity contribution in [2.45, 2.75) is 20.4 Å². The van der Waals surface area contributed by atoms with Gasteiger partial charge in [-0.2, -0.15) is 0 Å². The molecule has 0 atom stereocenters. The van der Waals surface area contributed by atoms with Crippen LogP contribution in [0.4, 0.5) is 0 Å². The number of hydrogen-bond acceptors (Lipinski definition) is 2. The van der Waals surface area contributed by atoms with Crippen LogP contribution >= 0.6 is 0 Å². The molecule has 0 aliphatic heterocycles. The molecule has 5 nitrogen and oxygen atoms in total. The average Bonchev–Trinajstić information content (AvgIpc) is 2.24. The fourth-order valence-electron chi connectivity index (χ4n) is 1.15. The first kappa shape index (κ1) is 9.57. The minimum Gasteiger partial charge on any atom is -0.352 e. The Morgan fingerprint density at radius 2 is 2.23 bits per heavy atom. The Kier molecular flexibility index (Phi) is 2.55. The van der Waals surface area contributed by atoms with Crippen molar-refractivity contribution in [3.05, 3.63) is 21.6 Å². The predicted molar refractivity (Wildman–Crippen MR) is 48.3 cm³/mol. The van der Waals surface area contributed by atoms with Crippen molar-refractivity contribution in [1.29, 1.82) is 0 Å². The normalized spacial score (nSPS) is 10.1. The number of nitrogens with zero attached hydrogens (tertiary/aromatic N) is 1. The first-order valence-electron chi connectivity index (χ1n) is 4.01. The van der Waals surface area contributed by atoms with Crippen molar-refractivity contribution in [3.8, 4) is 0 Å². The quantitative estimate of drug-likeness (QED) is 0.658. The third kappa shape index (κ3) is 1.99. The molecule has 0 fully saturated rings. The highest BCUT2D eigenvalue weighted by Crippen LogP contribution is 1.96. The number of hydrogen-bond donors (Lipinski definition) is 2. The smallest absolute Gasteiger partial charge is 0.271 e. The number of carbonyl (C=O) groups is 1. The van der Waals surface area contributed by atoms with Gasteiger partial charge in [-0.15, -0.1) is 0 Å². The first-order valence-corrected chi connectivity index (χ1v) is 4.01. The van der Waals surface area contributed by atoms with Gasteiger partial charge in [0, 0.05) is 19.7 Å². The number of aryl methyl sites for hydroxylation is 2. The summed E-state index contributed by atoms with van der Waals surface area (Å²) >= 11 is 0. The lowest BCUT2D eigenvalue weighted by Crippen LogP contribution is -2.24. The number of H-pyrrole nitrogens is 1. The lowest BCUT2D eigenvalue weighted by molar-refractivity contribution is -0.119. The van der Waals surface area contributed by atoms with E-state index in [2.05, 4.69) is 10.4 Å². The number of rotatable bonds is 2. The van der Waals surface area contributed by atoms with E-state index in [4.69, 9.17) is 0 Å². The van der Waals surface area contributed by atoms with E-state index >= 15 is 0 Å². The molecule has 0 radical (unpaired) electrons. The van der Waals surface area contributed by atoms with Crippen LogP contribution < -0.4 is 10.9 Å². The van der Waals surface area contributed by atoms with Gasteiger partial charge in [-0.05, 0) is 6.92 Å². The van der Waals surface area contributed by atoms with Crippen molar-refractivity contribution < 1.29 is 4.79 Å². The molecule has 1 aromatic rings. The largest absolute Gasteiger partial charge is 0.352 e. The molecule has 0 saturated heterocycles. The molecule has 0 saturated carbocycles. The van der Waals surface area contributed by atoms with Gasteiger partial charge in [0.1, 0.15) is 0 Å². The Morgan fingerprint density at radius 1 is 1.62 bits per heavy atom. The summed E-state index contributed by atoms with van der Waals surface area (Å²) in [7, 11) is 1.65. The van der Waals surface area contributed by atoms with E-state index in [-0.39, 0.29) is 18.0 Å². The molecule has 5 heteroatoms. The summed E-state index contributed by atoms with van der Waals surface area (Å²) in [6, 6.07) is 0. The van der Waals surface area contributed by atoms with Gasteiger partial charge in [0.15, 0.2) is 0 Å². The van der Waals surface area contributed by atoms with Crippen molar-refractivity contribution >= 4 is 5.91 Å². The maximum atomic E-state index is 11.4. The second-order valence-electron chi connectivity index (χ2n) is 2.99. The molecule has 0 spiro atoms. The van der Waals surface area contributed by atoms with Crippen LogP contribution in [0.25, 0.3) is 0 Å². The Balaban J connectivity index is 2.88. The van der Waals surface area contributed by atoms with Gasteiger partial charge in [-0.3, -0.25) is 19.4 Å². The molecule has 0 aliphatic rings. The molecular weight excluding hydrogens is 170 g/mol. The number of amides is 1. The molecule has 1 amide bonds. The summed E-state index contributed by atoms with van der Waals surface area (Å²) in [5, 5.41) is 5.44. The summed E-state index contributed by atoms with van der Waals surface area (Å²) in [5.41, 5.74) is 1.31. The Morgan fingerprint density at radius 3 is 2.62 bits per heavy atom. The number of aromatic nitrogens is 2. The highest BCUT2D eigenvalue weighted by molar-refractivity contribution is 5.72. The van der Waals surface area contributed by atoms with Crippen LogP contribution in [0.2, 0.25) is 0 Å². The monoisotopic (exact) mass is 183 g/mol. The zero-order chi connectivity index (χ0) is 10.0. The van der Waals surface area contributed by atoms with Gasteiger partial charge in [-0.25, -0.2) is 0 Å². The summed E-state index contributed by atoms with van der Waals surface area (Å²) in [5.74, 6) is -0.136. The highest BCUT2D eigenvalue weighted by atomic mass is 16.1. The summed E-state index contributed by atoms with van der Waals surface area (Å²) in [6.45, 7) is 3.52. The second kappa shape index (κ2) is 3.47. The number of nitrogens with one attached hydrogen (secondary N) is 2. The van der Waals surface area contributed by atoms with Crippen molar-refractivity contribution in [3.63, 3.8) is 0 Å². The molecule has 0 unspecified atom stereocenters. The fraction of sp³-hybridized carbons (Fsp3) is 0.500. The third-order valence-corrected chi connectivity index (χ3v) is 1.86. The molecule has 2 N–H and O–H groups in total. The first-order chi connectivity index (χ1) is 6.02. The molecule has 1 heterocycles. The van der Waals surface area contributed by atoms with Crippen LogP contribution in [0.15, 0.2) is 4.79 Å². The van der Waals surface area contributed by atoms with E-state index in [0.717, 1.165) is 5.69 Å². The van der Waals surface area contributed by atoms with Crippen LogP contribution in [0, 0.1) is 6.92 Å². The third-order valence-electron chi connectivity index (χ3n) is 1.86. The molecule has 72 valence electrons. The minimum absolute atomic E-state index is 0.0914. The average molecular weight is 183 g/mol. The highest BCUT2D eigenvalue weighted by Gasteiger charge is 2.08. The number of carbonyl (C=O) groups excluding carboxylic acids is 1. The summed E-state index contributed by atoms with van der Waals surface area (Å²) < 4.78 is 1.40. The maximum Gasteiger partial charge on any atom is 0.271 e. The van der Waals surface area contributed by atoms with Crippen LogP contribution in [0.5, 0.6) is 0 Å². The predicted octanol–water partition coefficient (Wildman–Crippen LogP) is -0.342. The fourth-order valence-corrected chi connectivity index (χ4v) is 1.15. The van der Waals surface area contributed by atoms with Crippen LogP contribution in [0.3, 0.4) is 0 Å². The topological polar surface area (TPSA) is 66.9 Å². The van der Waals surface area contributed by atoms with Gasteiger partial charge in [0.25, 0.3) is 5.56 Å². The van der Waals surface area contributed by atoms with E-state index in [1.165, 1.54) is 11.6 Å². The lowest BCUT2D eigenvalue weighted by Gasteiger charge is -1.97. The SMILES string of the molecule is CC(=O)NCc1c(C)[nH]n(C)c1=O. The molecular formula is C8H13N3O2. The van der Waals surface area contributed by atoms with Gasteiger partial charge in [0.2, 0.25) is 5.91 Å².